The fourth-order valence-corrected chi connectivity index (χ4v) is 2.44. The van der Waals surface area contributed by atoms with Crippen LogP contribution in [0.5, 0.6) is 17.2 Å². The highest BCUT2D eigenvalue weighted by Crippen LogP contribution is 2.38. The number of H-pyrrole nitrogens is 1. The van der Waals surface area contributed by atoms with Crippen molar-refractivity contribution in [3.8, 4) is 28.7 Å². The Balaban J connectivity index is 1.72. The van der Waals surface area contributed by atoms with Gasteiger partial charge in [-0.2, -0.15) is 10.2 Å². The third-order valence-corrected chi connectivity index (χ3v) is 3.71. The molecular formula is C19H18N4O6. The molecular weight excluding hydrogens is 380 g/mol. The summed E-state index contributed by atoms with van der Waals surface area (Å²) < 4.78 is 20.8. The molecule has 150 valence electrons. The molecule has 2 N–H and O–H groups in total. The lowest BCUT2D eigenvalue weighted by molar-refractivity contribution is -0.132. The maximum absolute atomic E-state index is 12.2. The van der Waals surface area contributed by atoms with Crippen molar-refractivity contribution in [1.29, 1.82) is 0 Å². The van der Waals surface area contributed by atoms with Crippen molar-refractivity contribution in [3.05, 3.63) is 47.9 Å². The molecule has 1 aromatic carbocycles. The van der Waals surface area contributed by atoms with Gasteiger partial charge in [0.2, 0.25) is 5.75 Å². The third-order valence-electron chi connectivity index (χ3n) is 3.71. The van der Waals surface area contributed by atoms with Gasteiger partial charge in [-0.3, -0.25) is 14.7 Å². The molecule has 10 heteroatoms. The molecule has 0 unspecified atom stereocenters. The number of hydrogen-bond acceptors (Lipinski definition) is 8. The number of furan rings is 1. The number of ether oxygens (including phenoxy) is 3. The van der Waals surface area contributed by atoms with Gasteiger partial charge in [0.1, 0.15) is 5.69 Å². The molecule has 1 amide bonds. The van der Waals surface area contributed by atoms with Crippen molar-refractivity contribution < 1.29 is 28.2 Å². The van der Waals surface area contributed by atoms with E-state index in [0.29, 0.717) is 17.0 Å². The van der Waals surface area contributed by atoms with Crippen LogP contribution in [0.3, 0.4) is 0 Å². The predicted octanol–water partition coefficient (Wildman–Crippen LogP) is 2.38. The number of methoxy groups -OCH3 is 2. The van der Waals surface area contributed by atoms with Crippen LogP contribution in [-0.2, 0) is 4.79 Å². The molecule has 0 bridgehead atoms. The van der Waals surface area contributed by atoms with Crippen molar-refractivity contribution in [2.24, 2.45) is 5.10 Å². The van der Waals surface area contributed by atoms with Gasteiger partial charge < -0.3 is 18.6 Å². The normalized spacial score (nSPS) is 10.7. The van der Waals surface area contributed by atoms with E-state index in [1.54, 1.807) is 30.3 Å². The maximum atomic E-state index is 12.2. The van der Waals surface area contributed by atoms with E-state index in [9.17, 15) is 9.59 Å². The first-order valence-corrected chi connectivity index (χ1v) is 8.39. The zero-order chi connectivity index (χ0) is 20.8. The molecule has 0 spiro atoms. The number of amides is 1. The number of rotatable bonds is 7. The summed E-state index contributed by atoms with van der Waals surface area (Å²) in [7, 11) is 2.86. The second kappa shape index (κ2) is 8.74. The minimum Gasteiger partial charge on any atom is -0.493 e. The van der Waals surface area contributed by atoms with Gasteiger partial charge in [-0.15, -0.1) is 0 Å². The van der Waals surface area contributed by atoms with Crippen LogP contribution in [-0.4, -0.2) is 42.5 Å². The maximum Gasteiger partial charge on any atom is 0.308 e. The summed E-state index contributed by atoms with van der Waals surface area (Å²) in [6.45, 7) is 1.27. The standard InChI is InChI=1S/C19H18N4O6/c1-11(24)29-18-16(26-2)7-12(8-17(18)27-3)10-20-23-19(25)14-9-13(21-22-14)15-5-4-6-28-15/h4-10H,1-3H3,(H,21,22)(H,23,25)/b20-10-. The average Bonchev–Trinajstić information content (AvgIpc) is 3.39. The van der Waals surface area contributed by atoms with Gasteiger partial charge in [0.05, 0.1) is 26.7 Å². The molecule has 0 fully saturated rings. The van der Waals surface area contributed by atoms with Crippen LogP contribution in [0.2, 0.25) is 0 Å². The topological polar surface area (TPSA) is 128 Å². The molecule has 10 nitrogen and oxygen atoms in total. The minimum absolute atomic E-state index is 0.147. The summed E-state index contributed by atoms with van der Waals surface area (Å²) in [6.07, 6.45) is 2.91. The molecule has 2 heterocycles. The Morgan fingerprint density at radius 1 is 1.21 bits per heavy atom. The molecule has 0 saturated heterocycles. The summed E-state index contributed by atoms with van der Waals surface area (Å²) in [5, 5.41) is 10.6. The molecule has 0 radical (unpaired) electrons. The second-order valence-corrected chi connectivity index (χ2v) is 5.69. The molecule has 29 heavy (non-hydrogen) atoms. The largest absolute Gasteiger partial charge is 0.493 e. The van der Waals surface area contributed by atoms with E-state index in [1.807, 2.05) is 0 Å². The first kappa shape index (κ1) is 19.7. The number of esters is 1. The zero-order valence-electron chi connectivity index (χ0n) is 15.9. The van der Waals surface area contributed by atoms with Gasteiger partial charge in [0.25, 0.3) is 5.91 Å². The van der Waals surface area contributed by atoms with Gasteiger partial charge in [-0.25, -0.2) is 5.43 Å². The molecule has 0 aliphatic rings. The van der Waals surface area contributed by atoms with E-state index in [1.165, 1.54) is 33.6 Å². The van der Waals surface area contributed by atoms with Crippen LogP contribution >= 0.6 is 0 Å². The minimum atomic E-state index is -0.511. The Labute approximate surface area is 165 Å². The highest BCUT2D eigenvalue weighted by Gasteiger charge is 2.16. The zero-order valence-corrected chi connectivity index (χ0v) is 15.9. The first-order chi connectivity index (χ1) is 14.0. The lowest BCUT2D eigenvalue weighted by atomic mass is 10.2. The highest BCUT2D eigenvalue weighted by molar-refractivity contribution is 5.94. The SMILES string of the molecule is COc1cc(/C=N\NC(=O)c2cc(-c3ccco3)[nH]n2)cc(OC)c1OC(C)=O. The number of aromatic amines is 1. The second-order valence-electron chi connectivity index (χ2n) is 5.69. The predicted molar refractivity (Wildman–Crippen MR) is 102 cm³/mol. The van der Waals surface area contributed by atoms with Gasteiger partial charge in [0.15, 0.2) is 23.0 Å². The molecule has 0 aliphatic carbocycles. The number of nitrogens with zero attached hydrogens (tertiary/aromatic N) is 2. The smallest absolute Gasteiger partial charge is 0.308 e. The number of carbonyl (C=O) groups is 2. The van der Waals surface area contributed by atoms with Gasteiger partial charge >= 0.3 is 5.97 Å². The molecule has 0 aliphatic heterocycles. The Kier molecular flexibility index (Phi) is 5.93. The Morgan fingerprint density at radius 3 is 2.52 bits per heavy atom. The van der Waals surface area contributed by atoms with E-state index >= 15 is 0 Å². The lowest BCUT2D eigenvalue weighted by Gasteiger charge is -2.13. The fraction of sp³-hybridized carbons (Fsp3) is 0.158. The monoisotopic (exact) mass is 398 g/mol. The van der Waals surface area contributed by atoms with Crippen molar-refractivity contribution in [3.63, 3.8) is 0 Å². The van der Waals surface area contributed by atoms with Crippen molar-refractivity contribution in [2.75, 3.05) is 14.2 Å². The molecule has 2 aromatic heterocycles. The quantitative estimate of drug-likeness (QED) is 0.271. The van der Waals surface area contributed by atoms with Gasteiger partial charge in [0, 0.05) is 18.6 Å². The molecule has 0 saturated carbocycles. The highest BCUT2D eigenvalue weighted by atomic mass is 16.6. The van der Waals surface area contributed by atoms with E-state index in [4.69, 9.17) is 18.6 Å². The van der Waals surface area contributed by atoms with Gasteiger partial charge in [-0.05, 0) is 24.3 Å². The van der Waals surface area contributed by atoms with Crippen LogP contribution in [0.1, 0.15) is 23.0 Å². The van der Waals surface area contributed by atoms with Crippen LogP contribution in [0.15, 0.2) is 46.1 Å². The number of nitrogens with one attached hydrogen (secondary N) is 2. The van der Waals surface area contributed by atoms with Crippen LogP contribution in [0.25, 0.3) is 11.5 Å². The summed E-state index contributed by atoms with van der Waals surface area (Å²) in [6, 6.07) is 8.19. The fourth-order valence-electron chi connectivity index (χ4n) is 2.44. The van der Waals surface area contributed by atoms with Crippen LogP contribution < -0.4 is 19.6 Å². The number of hydrazone groups is 1. The number of benzene rings is 1. The Bertz CT molecular complexity index is 1010. The summed E-state index contributed by atoms with van der Waals surface area (Å²) in [4.78, 5) is 23.5. The number of hydrogen-bond donors (Lipinski definition) is 2. The van der Waals surface area contributed by atoms with Crippen molar-refractivity contribution in [1.82, 2.24) is 15.6 Å². The van der Waals surface area contributed by atoms with Crippen LogP contribution in [0, 0.1) is 0 Å². The summed E-state index contributed by atoms with van der Waals surface area (Å²) in [5.74, 6) is 0.261. The molecule has 3 aromatic rings. The number of aromatic nitrogens is 2. The lowest BCUT2D eigenvalue weighted by Crippen LogP contribution is -2.18. The Morgan fingerprint density at radius 2 is 1.93 bits per heavy atom. The molecule has 0 atom stereocenters. The number of carbonyl (C=O) groups excluding carboxylic acids is 2. The Hall–Kier alpha value is -4.08. The van der Waals surface area contributed by atoms with Crippen molar-refractivity contribution >= 4 is 18.1 Å². The first-order valence-electron chi connectivity index (χ1n) is 8.39. The van der Waals surface area contributed by atoms with Crippen molar-refractivity contribution in [2.45, 2.75) is 6.92 Å². The van der Waals surface area contributed by atoms with Gasteiger partial charge in [-0.1, -0.05) is 0 Å². The summed E-state index contributed by atoms with van der Waals surface area (Å²) in [5.41, 5.74) is 3.64. The van der Waals surface area contributed by atoms with E-state index in [2.05, 4.69) is 20.7 Å². The van der Waals surface area contributed by atoms with Crippen LogP contribution in [0.4, 0.5) is 0 Å². The van der Waals surface area contributed by atoms with E-state index in [-0.39, 0.29) is 22.9 Å². The average molecular weight is 398 g/mol. The molecule has 3 rings (SSSR count). The van der Waals surface area contributed by atoms with E-state index < -0.39 is 11.9 Å². The summed E-state index contributed by atoms with van der Waals surface area (Å²) >= 11 is 0. The third kappa shape index (κ3) is 4.61. The van der Waals surface area contributed by atoms with E-state index in [0.717, 1.165) is 0 Å².